The number of rotatable bonds is 2. The summed E-state index contributed by atoms with van der Waals surface area (Å²) < 4.78 is 2.38. The highest BCUT2D eigenvalue weighted by molar-refractivity contribution is 9.10. The zero-order valence-electron chi connectivity index (χ0n) is 10.7. The number of hydrogen-bond donors (Lipinski definition) is 1. The Balaban J connectivity index is 2.43. The van der Waals surface area contributed by atoms with Gasteiger partial charge in [-0.1, -0.05) is 20.8 Å². The summed E-state index contributed by atoms with van der Waals surface area (Å²) in [5.41, 5.74) is 7.10. The Morgan fingerprint density at radius 2 is 1.89 bits per heavy atom. The van der Waals surface area contributed by atoms with Gasteiger partial charge >= 0.3 is 0 Å². The minimum Gasteiger partial charge on any atom is -0.383 e. The number of aromatic nitrogens is 4. The van der Waals surface area contributed by atoms with Crippen molar-refractivity contribution in [2.24, 2.45) is 5.41 Å². The van der Waals surface area contributed by atoms with E-state index in [1.165, 1.54) is 0 Å². The Kier molecular flexibility index (Phi) is 3.38. The topological polar surface area (TPSA) is 69.6 Å². The molecule has 5 nitrogen and oxygen atoms in total. The van der Waals surface area contributed by atoms with E-state index < -0.39 is 0 Å². The molecule has 18 heavy (non-hydrogen) atoms. The minimum atomic E-state index is 0.145. The molecular weight excluding hydrogens is 294 g/mol. The van der Waals surface area contributed by atoms with E-state index in [9.17, 15) is 0 Å². The standard InChI is InChI=1S/C12H16BrN5/c1-12(2,3)7-8-9(13)10(14)18(17-8)11-15-5-4-6-16-11/h4-6H,7,14H2,1-3H3. The van der Waals surface area contributed by atoms with Crippen molar-refractivity contribution in [3.8, 4) is 5.95 Å². The SMILES string of the molecule is CC(C)(C)Cc1nn(-c2ncccn2)c(N)c1Br. The number of nitrogens with two attached hydrogens (primary N) is 1. The molecule has 96 valence electrons. The van der Waals surface area contributed by atoms with Gasteiger partial charge in [0, 0.05) is 12.4 Å². The Morgan fingerprint density at radius 3 is 2.44 bits per heavy atom. The number of nitrogens with zero attached hydrogens (tertiary/aromatic N) is 4. The maximum Gasteiger partial charge on any atom is 0.252 e. The van der Waals surface area contributed by atoms with E-state index in [0.29, 0.717) is 11.8 Å². The van der Waals surface area contributed by atoms with Crippen LogP contribution in [0.25, 0.3) is 5.95 Å². The average molecular weight is 310 g/mol. The van der Waals surface area contributed by atoms with Crippen molar-refractivity contribution in [3.05, 3.63) is 28.6 Å². The van der Waals surface area contributed by atoms with Crippen LogP contribution < -0.4 is 5.73 Å². The molecule has 0 saturated carbocycles. The average Bonchev–Trinajstić information content (AvgIpc) is 2.57. The molecule has 2 aromatic heterocycles. The molecular formula is C12H16BrN5. The van der Waals surface area contributed by atoms with Crippen molar-refractivity contribution in [1.82, 2.24) is 19.7 Å². The second-order valence-electron chi connectivity index (χ2n) is 5.34. The number of halogens is 1. The van der Waals surface area contributed by atoms with E-state index in [4.69, 9.17) is 5.73 Å². The first kappa shape index (κ1) is 13.0. The summed E-state index contributed by atoms with van der Waals surface area (Å²) in [6, 6.07) is 1.76. The van der Waals surface area contributed by atoms with Gasteiger partial charge in [0.25, 0.3) is 5.95 Å². The molecule has 0 fully saturated rings. The van der Waals surface area contributed by atoms with E-state index in [-0.39, 0.29) is 5.41 Å². The maximum absolute atomic E-state index is 6.03. The van der Waals surface area contributed by atoms with Gasteiger partial charge in [-0.3, -0.25) is 0 Å². The lowest BCUT2D eigenvalue weighted by molar-refractivity contribution is 0.404. The van der Waals surface area contributed by atoms with E-state index in [0.717, 1.165) is 16.6 Å². The Labute approximate surface area is 115 Å². The zero-order chi connectivity index (χ0) is 13.3. The molecule has 0 atom stereocenters. The van der Waals surface area contributed by atoms with Gasteiger partial charge in [0.1, 0.15) is 5.82 Å². The van der Waals surface area contributed by atoms with Gasteiger partial charge in [0.15, 0.2) is 0 Å². The molecule has 0 spiro atoms. The van der Waals surface area contributed by atoms with Gasteiger partial charge in [-0.15, -0.1) is 0 Å². The van der Waals surface area contributed by atoms with Crippen LogP contribution in [0.2, 0.25) is 0 Å². The summed E-state index contributed by atoms with van der Waals surface area (Å²) in [7, 11) is 0. The monoisotopic (exact) mass is 309 g/mol. The molecule has 0 radical (unpaired) electrons. The largest absolute Gasteiger partial charge is 0.383 e. The van der Waals surface area contributed by atoms with Crippen LogP contribution >= 0.6 is 15.9 Å². The van der Waals surface area contributed by atoms with Gasteiger partial charge in [-0.25, -0.2) is 9.97 Å². The van der Waals surface area contributed by atoms with Gasteiger partial charge in [-0.2, -0.15) is 9.78 Å². The summed E-state index contributed by atoms with van der Waals surface area (Å²) >= 11 is 3.49. The lowest BCUT2D eigenvalue weighted by Gasteiger charge is -2.16. The predicted octanol–water partition coefficient (Wildman–Crippen LogP) is 2.60. The third kappa shape index (κ3) is 2.69. The number of hydrogen-bond acceptors (Lipinski definition) is 4. The van der Waals surface area contributed by atoms with Crippen molar-refractivity contribution in [2.75, 3.05) is 5.73 Å². The van der Waals surface area contributed by atoms with E-state index in [1.54, 1.807) is 23.1 Å². The van der Waals surface area contributed by atoms with Crippen molar-refractivity contribution in [2.45, 2.75) is 27.2 Å². The molecule has 0 unspecified atom stereocenters. The molecule has 6 heteroatoms. The first-order valence-corrected chi connectivity index (χ1v) is 6.48. The summed E-state index contributed by atoms with van der Waals surface area (Å²) in [4.78, 5) is 8.30. The third-order valence-electron chi connectivity index (χ3n) is 2.37. The zero-order valence-corrected chi connectivity index (χ0v) is 12.3. The summed E-state index contributed by atoms with van der Waals surface area (Å²) in [5, 5.41) is 4.48. The molecule has 2 rings (SSSR count). The third-order valence-corrected chi connectivity index (χ3v) is 3.23. The number of anilines is 1. The molecule has 2 aromatic rings. The van der Waals surface area contributed by atoms with E-state index in [1.807, 2.05) is 0 Å². The van der Waals surface area contributed by atoms with Crippen molar-refractivity contribution in [1.29, 1.82) is 0 Å². The Bertz CT molecular complexity index is 542. The van der Waals surface area contributed by atoms with Crippen LogP contribution in [0.15, 0.2) is 22.9 Å². The molecule has 0 aliphatic carbocycles. The summed E-state index contributed by atoms with van der Waals surface area (Å²) in [6.45, 7) is 6.48. The molecule has 2 N–H and O–H groups in total. The highest BCUT2D eigenvalue weighted by Gasteiger charge is 2.20. The Morgan fingerprint density at radius 1 is 1.28 bits per heavy atom. The van der Waals surface area contributed by atoms with Crippen LogP contribution in [-0.2, 0) is 6.42 Å². The second kappa shape index (κ2) is 4.68. The molecule has 0 aliphatic heterocycles. The van der Waals surface area contributed by atoms with Crippen molar-refractivity contribution in [3.63, 3.8) is 0 Å². The molecule has 0 saturated heterocycles. The van der Waals surface area contributed by atoms with Crippen LogP contribution in [0.1, 0.15) is 26.5 Å². The molecule has 0 bridgehead atoms. The predicted molar refractivity (Wildman–Crippen MR) is 74.4 cm³/mol. The highest BCUT2D eigenvalue weighted by atomic mass is 79.9. The van der Waals surface area contributed by atoms with E-state index >= 15 is 0 Å². The van der Waals surface area contributed by atoms with Crippen LogP contribution in [-0.4, -0.2) is 19.7 Å². The minimum absolute atomic E-state index is 0.145. The lowest BCUT2D eigenvalue weighted by Crippen LogP contribution is -2.11. The van der Waals surface area contributed by atoms with Crippen LogP contribution in [0.5, 0.6) is 0 Å². The first-order valence-electron chi connectivity index (χ1n) is 5.69. The van der Waals surface area contributed by atoms with E-state index in [2.05, 4.69) is 51.8 Å². The van der Waals surface area contributed by atoms with Crippen LogP contribution in [0, 0.1) is 5.41 Å². The fourth-order valence-electron chi connectivity index (χ4n) is 1.63. The van der Waals surface area contributed by atoms with Gasteiger partial charge in [0.2, 0.25) is 0 Å². The smallest absolute Gasteiger partial charge is 0.252 e. The molecule has 0 aliphatic rings. The van der Waals surface area contributed by atoms with Gasteiger partial charge in [-0.05, 0) is 33.8 Å². The highest BCUT2D eigenvalue weighted by Crippen LogP contribution is 2.30. The van der Waals surface area contributed by atoms with Gasteiger partial charge < -0.3 is 5.73 Å². The second-order valence-corrected chi connectivity index (χ2v) is 6.14. The first-order chi connectivity index (χ1) is 8.38. The fraction of sp³-hybridized carbons (Fsp3) is 0.417. The van der Waals surface area contributed by atoms with Crippen LogP contribution in [0.3, 0.4) is 0 Å². The maximum atomic E-state index is 6.03. The van der Waals surface area contributed by atoms with Crippen molar-refractivity contribution < 1.29 is 0 Å². The number of nitrogen functional groups attached to an aromatic ring is 1. The molecule has 0 aromatic carbocycles. The van der Waals surface area contributed by atoms with Crippen molar-refractivity contribution >= 4 is 21.7 Å². The lowest BCUT2D eigenvalue weighted by atomic mass is 9.91. The summed E-state index contributed by atoms with van der Waals surface area (Å²) in [6.07, 6.45) is 4.17. The molecule has 0 amide bonds. The molecule has 2 heterocycles. The Hall–Kier alpha value is -1.43. The van der Waals surface area contributed by atoms with Crippen LogP contribution in [0.4, 0.5) is 5.82 Å². The van der Waals surface area contributed by atoms with Gasteiger partial charge in [0.05, 0.1) is 10.2 Å². The fourth-order valence-corrected chi connectivity index (χ4v) is 2.02. The summed E-state index contributed by atoms with van der Waals surface area (Å²) in [5.74, 6) is 1.01. The quantitative estimate of drug-likeness (QED) is 0.925. The normalized spacial score (nSPS) is 11.8.